The number of aryl methyl sites for hydroxylation is 2. The van der Waals surface area contributed by atoms with E-state index in [2.05, 4.69) is 15.7 Å². The number of ether oxygens (including phenoxy) is 1. The molecule has 1 amide bonds. The fraction of sp³-hybridized carbons (Fsp3) is 0.333. The second kappa shape index (κ2) is 5.47. The zero-order chi connectivity index (χ0) is 14.8. The van der Waals surface area contributed by atoms with Crippen LogP contribution in [0.5, 0.6) is 5.75 Å². The summed E-state index contributed by atoms with van der Waals surface area (Å²) in [5, 5.41) is 10.4. The normalized spacial score (nSPS) is 16.6. The van der Waals surface area contributed by atoms with Crippen LogP contribution in [0.25, 0.3) is 0 Å². The lowest BCUT2D eigenvalue weighted by Crippen LogP contribution is -2.44. The Hall–Kier alpha value is -2.50. The van der Waals surface area contributed by atoms with Crippen LogP contribution in [-0.2, 0) is 18.4 Å². The van der Waals surface area contributed by atoms with Gasteiger partial charge in [0.2, 0.25) is 0 Å². The standard InChI is InChI=1S/C15H18N4O2/c1-10-11(9-19(2)18-10)7-17-15(20)14-8-16-12-5-3-4-6-13(12)21-14/h3-6,9,14,16H,7-8H2,1-2H3,(H,17,20). The summed E-state index contributed by atoms with van der Waals surface area (Å²) in [6.07, 6.45) is 1.39. The number of benzene rings is 1. The Morgan fingerprint density at radius 1 is 1.52 bits per heavy atom. The monoisotopic (exact) mass is 286 g/mol. The fourth-order valence-electron chi connectivity index (χ4n) is 2.38. The van der Waals surface area contributed by atoms with E-state index in [1.807, 2.05) is 44.4 Å². The van der Waals surface area contributed by atoms with Crippen LogP contribution in [0.4, 0.5) is 5.69 Å². The van der Waals surface area contributed by atoms with Gasteiger partial charge in [0.25, 0.3) is 5.91 Å². The fourth-order valence-corrected chi connectivity index (χ4v) is 2.38. The van der Waals surface area contributed by atoms with Crippen molar-refractivity contribution in [1.82, 2.24) is 15.1 Å². The smallest absolute Gasteiger partial charge is 0.263 e. The van der Waals surface area contributed by atoms with Crippen molar-refractivity contribution in [3.63, 3.8) is 0 Å². The zero-order valence-corrected chi connectivity index (χ0v) is 12.1. The first-order valence-corrected chi connectivity index (χ1v) is 6.90. The lowest BCUT2D eigenvalue weighted by Gasteiger charge is -2.26. The molecule has 0 saturated carbocycles. The van der Waals surface area contributed by atoms with Crippen molar-refractivity contribution in [2.45, 2.75) is 19.6 Å². The van der Waals surface area contributed by atoms with Crippen LogP contribution in [0.1, 0.15) is 11.3 Å². The SMILES string of the molecule is Cc1nn(C)cc1CNC(=O)C1CNc2ccccc2O1. The number of aromatic nitrogens is 2. The van der Waals surface area contributed by atoms with E-state index in [9.17, 15) is 4.79 Å². The molecule has 0 bridgehead atoms. The van der Waals surface area contributed by atoms with E-state index in [0.717, 1.165) is 16.9 Å². The number of carbonyl (C=O) groups is 1. The van der Waals surface area contributed by atoms with Crippen molar-refractivity contribution < 1.29 is 9.53 Å². The quantitative estimate of drug-likeness (QED) is 0.890. The Labute approximate surface area is 123 Å². The van der Waals surface area contributed by atoms with E-state index in [0.29, 0.717) is 18.8 Å². The third-order valence-corrected chi connectivity index (χ3v) is 3.49. The van der Waals surface area contributed by atoms with Crippen LogP contribution >= 0.6 is 0 Å². The van der Waals surface area contributed by atoms with E-state index in [1.165, 1.54) is 0 Å². The highest BCUT2D eigenvalue weighted by Crippen LogP contribution is 2.28. The van der Waals surface area contributed by atoms with Crippen LogP contribution in [-0.4, -0.2) is 28.3 Å². The molecule has 1 atom stereocenters. The maximum Gasteiger partial charge on any atom is 0.263 e. The Balaban J connectivity index is 1.61. The summed E-state index contributed by atoms with van der Waals surface area (Å²) in [5.41, 5.74) is 2.85. The Morgan fingerprint density at radius 2 is 2.33 bits per heavy atom. The van der Waals surface area contributed by atoms with Gasteiger partial charge >= 0.3 is 0 Å². The number of nitrogens with zero attached hydrogens (tertiary/aromatic N) is 2. The number of hydrogen-bond donors (Lipinski definition) is 2. The van der Waals surface area contributed by atoms with Crippen molar-refractivity contribution >= 4 is 11.6 Å². The minimum atomic E-state index is -0.517. The molecule has 2 aromatic rings. The topological polar surface area (TPSA) is 68.2 Å². The van der Waals surface area contributed by atoms with Crippen LogP contribution in [0.2, 0.25) is 0 Å². The summed E-state index contributed by atoms with van der Waals surface area (Å²) in [6, 6.07) is 7.61. The van der Waals surface area contributed by atoms with Gasteiger partial charge in [0.05, 0.1) is 17.9 Å². The highest BCUT2D eigenvalue weighted by atomic mass is 16.5. The molecule has 1 aliphatic rings. The lowest BCUT2D eigenvalue weighted by molar-refractivity contribution is -0.127. The molecule has 0 fully saturated rings. The van der Waals surface area contributed by atoms with E-state index in [-0.39, 0.29) is 5.91 Å². The van der Waals surface area contributed by atoms with Crippen LogP contribution in [0.15, 0.2) is 30.5 Å². The molecule has 1 aromatic heterocycles. The van der Waals surface area contributed by atoms with Crippen LogP contribution in [0, 0.1) is 6.92 Å². The third-order valence-electron chi connectivity index (χ3n) is 3.49. The highest BCUT2D eigenvalue weighted by molar-refractivity contribution is 5.83. The van der Waals surface area contributed by atoms with Crippen molar-refractivity contribution in [3.05, 3.63) is 41.7 Å². The maximum absolute atomic E-state index is 12.2. The van der Waals surface area contributed by atoms with Gasteiger partial charge in [-0.15, -0.1) is 0 Å². The van der Waals surface area contributed by atoms with E-state index < -0.39 is 6.10 Å². The predicted molar refractivity (Wildman–Crippen MR) is 79.1 cm³/mol. The molecule has 0 spiro atoms. The molecular weight excluding hydrogens is 268 g/mol. The molecule has 0 radical (unpaired) electrons. The highest BCUT2D eigenvalue weighted by Gasteiger charge is 2.25. The minimum absolute atomic E-state index is 0.125. The molecule has 21 heavy (non-hydrogen) atoms. The molecule has 1 unspecified atom stereocenters. The summed E-state index contributed by atoms with van der Waals surface area (Å²) < 4.78 is 7.46. The maximum atomic E-state index is 12.2. The third kappa shape index (κ3) is 2.84. The zero-order valence-electron chi connectivity index (χ0n) is 12.1. The van der Waals surface area contributed by atoms with Gasteiger partial charge in [-0.25, -0.2) is 0 Å². The van der Waals surface area contributed by atoms with E-state index >= 15 is 0 Å². The van der Waals surface area contributed by atoms with Gasteiger partial charge in [0, 0.05) is 25.4 Å². The lowest BCUT2D eigenvalue weighted by atomic mass is 10.2. The van der Waals surface area contributed by atoms with Crippen molar-refractivity contribution in [3.8, 4) is 5.75 Å². The minimum Gasteiger partial charge on any atom is -0.477 e. The average molecular weight is 286 g/mol. The Morgan fingerprint density at radius 3 is 3.10 bits per heavy atom. The van der Waals surface area contributed by atoms with Crippen LogP contribution < -0.4 is 15.4 Å². The van der Waals surface area contributed by atoms with Gasteiger partial charge in [-0.2, -0.15) is 5.10 Å². The molecular formula is C15H18N4O2. The first kappa shape index (κ1) is 13.5. The number of nitrogens with one attached hydrogen (secondary N) is 2. The summed E-state index contributed by atoms with van der Waals surface area (Å²) >= 11 is 0. The molecule has 3 rings (SSSR count). The molecule has 6 nitrogen and oxygen atoms in total. The van der Waals surface area contributed by atoms with Crippen molar-refractivity contribution in [2.75, 3.05) is 11.9 Å². The predicted octanol–water partition coefficient (Wildman–Crippen LogP) is 1.22. The number of anilines is 1. The van der Waals surface area contributed by atoms with Gasteiger partial charge in [-0.1, -0.05) is 12.1 Å². The molecule has 6 heteroatoms. The van der Waals surface area contributed by atoms with Crippen molar-refractivity contribution in [2.24, 2.45) is 7.05 Å². The van der Waals surface area contributed by atoms with Gasteiger partial charge in [0.15, 0.2) is 6.10 Å². The first-order chi connectivity index (χ1) is 10.1. The molecule has 1 aromatic carbocycles. The number of carbonyl (C=O) groups excluding carboxylic acids is 1. The van der Waals surface area contributed by atoms with Gasteiger partial charge in [-0.05, 0) is 19.1 Å². The summed E-state index contributed by atoms with van der Waals surface area (Å²) in [7, 11) is 1.86. The molecule has 1 aliphatic heterocycles. The second-order valence-electron chi connectivity index (χ2n) is 5.11. The number of amides is 1. The molecule has 0 saturated heterocycles. The first-order valence-electron chi connectivity index (χ1n) is 6.90. The summed E-state index contributed by atoms with van der Waals surface area (Å²) in [5.74, 6) is 0.585. The number of hydrogen-bond acceptors (Lipinski definition) is 4. The van der Waals surface area contributed by atoms with Gasteiger partial charge < -0.3 is 15.4 Å². The van der Waals surface area contributed by atoms with E-state index in [1.54, 1.807) is 4.68 Å². The van der Waals surface area contributed by atoms with Gasteiger partial charge in [0.1, 0.15) is 5.75 Å². The summed E-state index contributed by atoms with van der Waals surface area (Å²) in [4.78, 5) is 12.2. The second-order valence-corrected chi connectivity index (χ2v) is 5.11. The molecule has 0 aliphatic carbocycles. The molecule has 110 valence electrons. The number of fused-ring (bicyclic) bond motifs is 1. The van der Waals surface area contributed by atoms with Gasteiger partial charge in [-0.3, -0.25) is 9.48 Å². The Bertz CT molecular complexity index is 665. The largest absolute Gasteiger partial charge is 0.477 e. The molecule has 2 N–H and O–H groups in total. The number of para-hydroxylation sites is 2. The Kier molecular flexibility index (Phi) is 3.51. The van der Waals surface area contributed by atoms with E-state index in [4.69, 9.17) is 4.74 Å². The average Bonchev–Trinajstić information content (AvgIpc) is 2.82. The number of rotatable bonds is 3. The summed E-state index contributed by atoms with van der Waals surface area (Å²) in [6.45, 7) is 2.85. The molecule has 2 heterocycles. The van der Waals surface area contributed by atoms with Crippen LogP contribution in [0.3, 0.4) is 0 Å². The van der Waals surface area contributed by atoms with Crippen molar-refractivity contribution in [1.29, 1.82) is 0 Å².